The standard InChI is InChI=1S/C17H26F2N2O2.ClH/c1-3-22-16-11-13(6-7-15(16)23-17(18)19)12-21(2)14-5-4-9-20-10-8-14;/h6-7,11,14,17,20H,3-5,8-10,12H2,1-2H3;1H. The van der Waals surface area contributed by atoms with Crippen molar-refractivity contribution < 1.29 is 18.3 Å². The van der Waals surface area contributed by atoms with Crippen LogP contribution in [0.4, 0.5) is 8.78 Å². The summed E-state index contributed by atoms with van der Waals surface area (Å²) in [7, 11) is 2.11. The topological polar surface area (TPSA) is 33.7 Å². The molecular weight excluding hydrogens is 338 g/mol. The van der Waals surface area contributed by atoms with Gasteiger partial charge in [-0.3, -0.25) is 4.90 Å². The molecule has 0 radical (unpaired) electrons. The number of halogens is 3. The molecule has 138 valence electrons. The van der Waals surface area contributed by atoms with Crippen LogP contribution in [0.2, 0.25) is 0 Å². The van der Waals surface area contributed by atoms with Crippen LogP contribution >= 0.6 is 12.4 Å². The summed E-state index contributed by atoms with van der Waals surface area (Å²) in [6.07, 6.45) is 3.48. The molecule has 1 fully saturated rings. The smallest absolute Gasteiger partial charge is 0.387 e. The molecule has 1 unspecified atom stereocenters. The van der Waals surface area contributed by atoms with Gasteiger partial charge in [-0.1, -0.05) is 6.07 Å². The van der Waals surface area contributed by atoms with Crippen molar-refractivity contribution in [2.45, 2.75) is 45.4 Å². The Bertz CT molecular complexity index is 484. The van der Waals surface area contributed by atoms with Crippen molar-refractivity contribution in [1.82, 2.24) is 10.2 Å². The Labute approximate surface area is 148 Å². The minimum Gasteiger partial charge on any atom is -0.490 e. The molecule has 2 rings (SSSR count). The molecule has 4 nitrogen and oxygen atoms in total. The fourth-order valence-corrected chi connectivity index (χ4v) is 2.97. The molecule has 0 amide bonds. The van der Waals surface area contributed by atoms with E-state index in [-0.39, 0.29) is 18.2 Å². The first kappa shape index (κ1) is 20.9. The zero-order chi connectivity index (χ0) is 16.7. The van der Waals surface area contributed by atoms with Crippen LogP contribution in [0.15, 0.2) is 18.2 Å². The molecule has 0 saturated carbocycles. The molecule has 0 bridgehead atoms. The second-order valence-electron chi connectivity index (χ2n) is 5.84. The second kappa shape index (κ2) is 10.7. The Kier molecular flexibility index (Phi) is 9.33. The maximum absolute atomic E-state index is 12.4. The largest absolute Gasteiger partial charge is 0.490 e. The lowest BCUT2D eigenvalue weighted by Crippen LogP contribution is -2.32. The van der Waals surface area contributed by atoms with E-state index >= 15 is 0 Å². The first-order chi connectivity index (χ1) is 11.1. The van der Waals surface area contributed by atoms with Crippen LogP contribution in [0.25, 0.3) is 0 Å². The van der Waals surface area contributed by atoms with E-state index in [0.717, 1.165) is 31.6 Å². The number of benzene rings is 1. The highest BCUT2D eigenvalue weighted by Crippen LogP contribution is 2.30. The molecule has 0 aliphatic carbocycles. The average molecular weight is 365 g/mol. The SMILES string of the molecule is CCOc1cc(CN(C)C2CCCNCC2)ccc1OC(F)F.Cl. The van der Waals surface area contributed by atoms with Crippen molar-refractivity contribution in [2.75, 3.05) is 26.7 Å². The normalized spacial score (nSPS) is 18.2. The fourth-order valence-electron chi connectivity index (χ4n) is 2.97. The first-order valence-electron chi connectivity index (χ1n) is 8.21. The molecule has 7 heteroatoms. The molecule has 0 aromatic heterocycles. The van der Waals surface area contributed by atoms with E-state index in [1.807, 2.05) is 13.0 Å². The maximum Gasteiger partial charge on any atom is 0.387 e. The predicted octanol–water partition coefficient (Wildman–Crippen LogP) is 3.68. The Morgan fingerprint density at radius 2 is 2.04 bits per heavy atom. The zero-order valence-corrected chi connectivity index (χ0v) is 15.1. The van der Waals surface area contributed by atoms with E-state index in [4.69, 9.17) is 4.74 Å². The molecular formula is C17H27ClF2N2O2. The predicted molar refractivity (Wildman–Crippen MR) is 93.5 cm³/mol. The summed E-state index contributed by atoms with van der Waals surface area (Å²) in [5, 5.41) is 3.41. The summed E-state index contributed by atoms with van der Waals surface area (Å²) >= 11 is 0. The van der Waals surface area contributed by atoms with Gasteiger partial charge in [-0.2, -0.15) is 8.78 Å². The van der Waals surface area contributed by atoms with Gasteiger partial charge in [0, 0.05) is 12.6 Å². The van der Waals surface area contributed by atoms with Gasteiger partial charge < -0.3 is 14.8 Å². The van der Waals surface area contributed by atoms with Crippen LogP contribution in [0, 0.1) is 0 Å². The lowest BCUT2D eigenvalue weighted by atomic mass is 10.1. The molecule has 1 saturated heterocycles. The van der Waals surface area contributed by atoms with E-state index in [1.54, 1.807) is 12.1 Å². The third kappa shape index (κ3) is 6.42. The van der Waals surface area contributed by atoms with Crippen LogP contribution < -0.4 is 14.8 Å². The first-order valence-corrected chi connectivity index (χ1v) is 8.21. The third-order valence-corrected chi connectivity index (χ3v) is 4.12. The van der Waals surface area contributed by atoms with Gasteiger partial charge in [-0.15, -0.1) is 12.4 Å². The summed E-state index contributed by atoms with van der Waals surface area (Å²) in [5.74, 6) is 0.466. The maximum atomic E-state index is 12.4. The van der Waals surface area contributed by atoms with Crippen LogP contribution in [-0.2, 0) is 6.54 Å². The van der Waals surface area contributed by atoms with Crippen molar-refractivity contribution in [1.29, 1.82) is 0 Å². The summed E-state index contributed by atoms with van der Waals surface area (Å²) < 4.78 is 34.8. The van der Waals surface area contributed by atoms with Crippen LogP contribution in [-0.4, -0.2) is 44.3 Å². The molecule has 24 heavy (non-hydrogen) atoms. The zero-order valence-electron chi connectivity index (χ0n) is 14.3. The van der Waals surface area contributed by atoms with E-state index in [0.29, 0.717) is 18.4 Å². The van der Waals surface area contributed by atoms with E-state index in [9.17, 15) is 8.78 Å². The second-order valence-corrected chi connectivity index (χ2v) is 5.84. The van der Waals surface area contributed by atoms with Crippen molar-refractivity contribution in [3.05, 3.63) is 23.8 Å². The van der Waals surface area contributed by atoms with Crippen LogP contribution in [0.1, 0.15) is 31.7 Å². The molecule has 1 heterocycles. The Hall–Kier alpha value is -1.11. The lowest BCUT2D eigenvalue weighted by Gasteiger charge is -2.27. The molecule has 1 N–H and O–H groups in total. The van der Waals surface area contributed by atoms with Gasteiger partial charge in [0.15, 0.2) is 11.5 Å². The number of ether oxygens (including phenoxy) is 2. The highest BCUT2D eigenvalue weighted by Gasteiger charge is 2.18. The highest BCUT2D eigenvalue weighted by molar-refractivity contribution is 5.85. The molecule has 1 aromatic carbocycles. The van der Waals surface area contributed by atoms with Crippen LogP contribution in [0.5, 0.6) is 11.5 Å². The van der Waals surface area contributed by atoms with Crippen molar-refractivity contribution in [3.8, 4) is 11.5 Å². The quantitative estimate of drug-likeness (QED) is 0.800. The molecule has 1 atom stereocenters. The van der Waals surface area contributed by atoms with Gasteiger partial charge in [-0.05, 0) is 64.0 Å². The van der Waals surface area contributed by atoms with Gasteiger partial charge in [0.1, 0.15) is 0 Å². The van der Waals surface area contributed by atoms with E-state index in [2.05, 4.69) is 22.0 Å². The van der Waals surface area contributed by atoms with Crippen LogP contribution in [0.3, 0.4) is 0 Å². The van der Waals surface area contributed by atoms with Gasteiger partial charge in [0.05, 0.1) is 6.61 Å². The number of rotatable bonds is 7. The van der Waals surface area contributed by atoms with Gasteiger partial charge in [0.2, 0.25) is 0 Å². The third-order valence-electron chi connectivity index (χ3n) is 4.12. The lowest BCUT2D eigenvalue weighted by molar-refractivity contribution is -0.0514. The van der Waals surface area contributed by atoms with Gasteiger partial charge in [-0.25, -0.2) is 0 Å². The van der Waals surface area contributed by atoms with Gasteiger partial charge in [0.25, 0.3) is 0 Å². The summed E-state index contributed by atoms with van der Waals surface area (Å²) in [4.78, 5) is 2.33. The number of nitrogens with one attached hydrogen (secondary N) is 1. The minimum absolute atomic E-state index is 0. The van der Waals surface area contributed by atoms with E-state index < -0.39 is 6.61 Å². The Balaban J connectivity index is 0.00000288. The molecule has 1 aromatic rings. The monoisotopic (exact) mass is 364 g/mol. The average Bonchev–Trinajstić information content (AvgIpc) is 2.79. The highest BCUT2D eigenvalue weighted by atomic mass is 35.5. The van der Waals surface area contributed by atoms with Crippen molar-refractivity contribution in [3.63, 3.8) is 0 Å². The molecule has 1 aliphatic rings. The Morgan fingerprint density at radius 1 is 1.25 bits per heavy atom. The van der Waals surface area contributed by atoms with Gasteiger partial charge >= 0.3 is 6.61 Å². The van der Waals surface area contributed by atoms with Crippen molar-refractivity contribution >= 4 is 12.4 Å². The summed E-state index contributed by atoms with van der Waals surface area (Å²) in [5.41, 5.74) is 1.04. The Morgan fingerprint density at radius 3 is 2.75 bits per heavy atom. The summed E-state index contributed by atoms with van der Waals surface area (Å²) in [6, 6.07) is 5.73. The molecule has 0 spiro atoms. The summed E-state index contributed by atoms with van der Waals surface area (Å²) in [6.45, 7) is 2.27. The molecule has 1 aliphatic heterocycles. The fraction of sp³-hybridized carbons (Fsp3) is 0.647. The number of nitrogens with zero attached hydrogens (tertiary/aromatic N) is 1. The number of hydrogen-bond donors (Lipinski definition) is 1. The number of hydrogen-bond acceptors (Lipinski definition) is 4. The minimum atomic E-state index is -2.85. The van der Waals surface area contributed by atoms with Crippen molar-refractivity contribution in [2.24, 2.45) is 0 Å². The number of alkyl halides is 2. The van der Waals surface area contributed by atoms with E-state index in [1.165, 1.54) is 12.8 Å².